The van der Waals surface area contributed by atoms with E-state index in [0.29, 0.717) is 12.2 Å². The van der Waals surface area contributed by atoms with Gasteiger partial charge in [-0.2, -0.15) is 0 Å². The predicted molar refractivity (Wildman–Crippen MR) is 62.3 cm³/mol. The Bertz CT molecular complexity index is 438. The molecule has 1 heterocycles. The Morgan fingerprint density at radius 2 is 1.94 bits per heavy atom. The van der Waals surface area contributed by atoms with Crippen LogP contribution in [0.15, 0.2) is 36.8 Å². The van der Waals surface area contributed by atoms with Crippen LogP contribution >= 0.6 is 0 Å². The molecule has 0 saturated heterocycles. The minimum absolute atomic E-state index is 0.332. The summed E-state index contributed by atoms with van der Waals surface area (Å²) in [5, 5.41) is 16.5. The molecule has 0 spiro atoms. The van der Waals surface area contributed by atoms with Crippen LogP contribution < -0.4 is 0 Å². The Balaban J connectivity index is 0.000000606. The molecule has 0 unspecified atom stereocenters. The van der Waals surface area contributed by atoms with Gasteiger partial charge in [0.25, 0.3) is 0 Å². The summed E-state index contributed by atoms with van der Waals surface area (Å²) in [6, 6.07) is 7.33. The number of phenols is 1. The quantitative estimate of drug-likeness (QED) is 0.802. The summed E-state index contributed by atoms with van der Waals surface area (Å²) in [5.41, 5.74) is 1.88. The summed E-state index contributed by atoms with van der Waals surface area (Å²) in [7, 11) is 2.93. The second-order valence-corrected chi connectivity index (χ2v) is 3.34. The van der Waals surface area contributed by atoms with Crippen molar-refractivity contribution in [2.75, 3.05) is 7.11 Å². The van der Waals surface area contributed by atoms with Crippen molar-refractivity contribution in [2.24, 2.45) is 7.05 Å². The maximum Gasteiger partial charge on any atom is 0.119 e. The number of aliphatic hydroxyl groups excluding tert-OH is 1. The number of aromatic hydroxyl groups is 1. The Hall–Kier alpha value is -1.81. The van der Waals surface area contributed by atoms with E-state index in [0.717, 1.165) is 18.4 Å². The van der Waals surface area contributed by atoms with Crippen molar-refractivity contribution >= 4 is 0 Å². The number of imidazole rings is 1. The number of benzene rings is 1. The van der Waals surface area contributed by atoms with Gasteiger partial charge in [-0.15, -0.1) is 0 Å². The fraction of sp³-hybridized carbons (Fsp3) is 0.250. The molecule has 16 heavy (non-hydrogen) atoms. The first-order valence-corrected chi connectivity index (χ1v) is 4.94. The molecule has 0 atom stereocenters. The normalized spacial score (nSPS) is 9.44. The lowest BCUT2D eigenvalue weighted by atomic mass is 10.1. The summed E-state index contributed by atoms with van der Waals surface area (Å²) in [5.74, 6) is 0.332. The maximum atomic E-state index is 9.54. The van der Waals surface area contributed by atoms with Crippen molar-refractivity contribution in [2.45, 2.75) is 6.42 Å². The lowest BCUT2D eigenvalue weighted by Gasteiger charge is -2.00. The van der Waals surface area contributed by atoms with Gasteiger partial charge in [-0.25, -0.2) is 4.98 Å². The van der Waals surface area contributed by atoms with Crippen LogP contribution in [0.1, 0.15) is 11.3 Å². The van der Waals surface area contributed by atoms with E-state index in [1.54, 1.807) is 12.4 Å². The van der Waals surface area contributed by atoms with Gasteiger partial charge in [0.2, 0.25) is 0 Å². The molecule has 0 aliphatic carbocycles. The van der Waals surface area contributed by atoms with Crippen LogP contribution in [0.2, 0.25) is 0 Å². The zero-order valence-corrected chi connectivity index (χ0v) is 9.46. The third-order valence-corrected chi connectivity index (χ3v) is 2.12. The van der Waals surface area contributed by atoms with E-state index in [1.165, 1.54) is 0 Å². The van der Waals surface area contributed by atoms with Gasteiger partial charge in [0.1, 0.15) is 5.75 Å². The Labute approximate surface area is 94.8 Å². The van der Waals surface area contributed by atoms with Crippen molar-refractivity contribution in [3.05, 3.63) is 48.0 Å². The lowest BCUT2D eigenvalue weighted by molar-refractivity contribution is 0.399. The van der Waals surface area contributed by atoms with Crippen molar-refractivity contribution in [3.63, 3.8) is 0 Å². The van der Waals surface area contributed by atoms with E-state index in [1.807, 2.05) is 36.0 Å². The SMILES string of the molecule is CO.Cn1cnc(Cc2ccccc2O)c1. The van der Waals surface area contributed by atoms with Crippen LogP contribution in [0, 0.1) is 0 Å². The third kappa shape index (κ3) is 3.10. The van der Waals surface area contributed by atoms with Gasteiger partial charge in [-0.3, -0.25) is 0 Å². The average molecular weight is 220 g/mol. The maximum absolute atomic E-state index is 9.54. The number of aromatic nitrogens is 2. The second-order valence-electron chi connectivity index (χ2n) is 3.34. The molecule has 86 valence electrons. The summed E-state index contributed by atoms with van der Waals surface area (Å²) in [4.78, 5) is 4.20. The Morgan fingerprint density at radius 1 is 1.25 bits per heavy atom. The van der Waals surface area contributed by atoms with Crippen LogP contribution in [0.4, 0.5) is 0 Å². The molecule has 0 bridgehead atoms. The fourth-order valence-electron chi connectivity index (χ4n) is 1.41. The molecular formula is C12H16N2O2. The summed E-state index contributed by atoms with van der Waals surface area (Å²) >= 11 is 0. The first-order chi connectivity index (χ1) is 7.75. The molecule has 2 rings (SSSR count). The summed E-state index contributed by atoms with van der Waals surface area (Å²) < 4.78 is 1.90. The average Bonchev–Trinajstić information content (AvgIpc) is 2.70. The Kier molecular flexibility index (Phi) is 4.54. The van der Waals surface area contributed by atoms with E-state index in [9.17, 15) is 5.11 Å². The van der Waals surface area contributed by atoms with Crippen molar-refractivity contribution in [3.8, 4) is 5.75 Å². The lowest BCUT2D eigenvalue weighted by Crippen LogP contribution is -1.88. The number of para-hydroxylation sites is 1. The predicted octanol–water partition coefficient (Wildman–Crippen LogP) is 1.32. The van der Waals surface area contributed by atoms with E-state index in [2.05, 4.69) is 4.98 Å². The smallest absolute Gasteiger partial charge is 0.119 e. The molecule has 4 nitrogen and oxygen atoms in total. The number of aliphatic hydroxyl groups is 1. The molecule has 2 N–H and O–H groups in total. The molecule has 0 aliphatic rings. The van der Waals surface area contributed by atoms with Gasteiger partial charge in [-0.1, -0.05) is 18.2 Å². The fourth-order valence-corrected chi connectivity index (χ4v) is 1.41. The number of hydrogen-bond acceptors (Lipinski definition) is 3. The highest BCUT2D eigenvalue weighted by atomic mass is 16.3. The number of phenolic OH excluding ortho intramolecular Hbond substituents is 1. The van der Waals surface area contributed by atoms with Gasteiger partial charge < -0.3 is 14.8 Å². The molecule has 0 saturated carbocycles. The van der Waals surface area contributed by atoms with Crippen LogP contribution in [-0.4, -0.2) is 26.9 Å². The van der Waals surface area contributed by atoms with Crippen molar-refractivity contribution < 1.29 is 10.2 Å². The standard InChI is InChI=1S/C11H12N2O.CH4O/c1-13-7-10(12-8-13)6-9-4-2-3-5-11(9)14;1-2/h2-5,7-8,14H,6H2,1H3;2H,1H3. The Morgan fingerprint density at radius 3 is 2.50 bits per heavy atom. The largest absolute Gasteiger partial charge is 0.508 e. The van der Waals surface area contributed by atoms with Gasteiger partial charge >= 0.3 is 0 Å². The molecule has 0 radical (unpaired) electrons. The molecular weight excluding hydrogens is 204 g/mol. The van der Waals surface area contributed by atoms with E-state index < -0.39 is 0 Å². The molecule has 4 heteroatoms. The van der Waals surface area contributed by atoms with Crippen LogP contribution in [0.5, 0.6) is 5.75 Å². The first kappa shape index (κ1) is 12.3. The zero-order chi connectivity index (χ0) is 12.0. The van der Waals surface area contributed by atoms with Crippen LogP contribution in [-0.2, 0) is 13.5 Å². The monoisotopic (exact) mass is 220 g/mol. The number of nitrogens with zero attached hydrogens (tertiary/aromatic N) is 2. The third-order valence-electron chi connectivity index (χ3n) is 2.12. The second kappa shape index (κ2) is 5.92. The molecule has 2 aromatic rings. The van der Waals surface area contributed by atoms with E-state index in [-0.39, 0.29) is 0 Å². The van der Waals surface area contributed by atoms with Crippen LogP contribution in [0.3, 0.4) is 0 Å². The van der Waals surface area contributed by atoms with Crippen molar-refractivity contribution in [1.29, 1.82) is 0 Å². The highest BCUT2D eigenvalue weighted by Crippen LogP contribution is 2.18. The molecule has 0 aliphatic heterocycles. The summed E-state index contributed by atoms with van der Waals surface area (Å²) in [6.45, 7) is 0. The van der Waals surface area contributed by atoms with Gasteiger partial charge in [0, 0.05) is 26.8 Å². The van der Waals surface area contributed by atoms with Crippen LogP contribution in [0.25, 0.3) is 0 Å². The van der Waals surface area contributed by atoms with E-state index in [4.69, 9.17) is 5.11 Å². The van der Waals surface area contributed by atoms with E-state index >= 15 is 0 Å². The van der Waals surface area contributed by atoms with Gasteiger partial charge in [-0.05, 0) is 11.6 Å². The van der Waals surface area contributed by atoms with Gasteiger partial charge in [0.15, 0.2) is 0 Å². The topological polar surface area (TPSA) is 58.3 Å². The van der Waals surface area contributed by atoms with Crippen molar-refractivity contribution in [1.82, 2.24) is 9.55 Å². The molecule has 1 aromatic heterocycles. The minimum atomic E-state index is 0.332. The first-order valence-electron chi connectivity index (χ1n) is 4.94. The molecule has 0 fully saturated rings. The van der Waals surface area contributed by atoms with Gasteiger partial charge in [0.05, 0.1) is 12.0 Å². The highest BCUT2D eigenvalue weighted by molar-refractivity contribution is 5.34. The molecule has 0 amide bonds. The minimum Gasteiger partial charge on any atom is -0.508 e. The molecule has 1 aromatic carbocycles. The number of hydrogen-bond donors (Lipinski definition) is 2. The zero-order valence-electron chi connectivity index (χ0n) is 9.46. The highest BCUT2D eigenvalue weighted by Gasteiger charge is 2.02. The number of rotatable bonds is 2. The number of aryl methyl sites for hydroxylation is 1. The summed E-state index contributed by atoms with van der Waals surface area (Å²) in [6.07, 6.45) is 4.38.